The Morgan fingerprint density at radius 2 is 2.00 bits per heavy atom. The van der Waals surface area contributed by atoms with Crippen molar-refractivity contribution in [1.29, 1.82) is 0 Å². The van der Waals surface area contributed by atoms with Crippen LogP contribution >= 0.6 is 0 Å². The van der Waals surface area contributed by atoms with Crippen molar-refractivity contribution < 1.29 is 24.0 Å². The molecule has 3 N–H and O–H groups in total. The Bertz CT molecular complexity index is 639. The van der Waals surface area contributed by atoms with Crippen molar-refractivity contribution in [2.24, 2.45) is 5.73 Å². The van der Waals surface area contributed by atoms with Crippen LogP contribution in [0.5, 0.6) is 0 Å². The third-order valence-electron chi connectivity index (χ3n) is 2.76. The van der Waals surface area contributed by atoms with Crippen LogP contribution in [0, 0.1) is 10.1 Å². The number of esters is 2. The lowest BCUT2D eigenvalue weighted by Gasteiger charge is -2.21. The number of nitrogens with zero attached hydrogens (tertiary/aromatic N) is 1. The fourth-order valence-electron chi connectivity index (χ4n) is 1.87. The largest absolute Gasteiger partial charge is 0.465 e. The van der Waals surface area contributed by atoms with Gasteiger partial charge >= 0.3 is 11.9 Å². The second kappa shape index (κ2) is 7.73. The predicted octanol–water partition coefficient (Wildman–Crippen LogP) is 1.81. The molecule has 9 nitrogen and oxygen atoms in total. The third kappa shape index (κ3) is 5.84. The highest BCUT2D eigenvalue weighted by molar-refractivity contribution is 5.91. The number of carbonyl (C=O) groups excluding carboxylic acids is 2. The number of anilines is 1. The maximum atomic E-state index is 11.7. The number of nitro benzene ring substituents is 1. The number of nitrogens with one attached hydrogen (secondary N) is 1. The van der Waals surface area contributed by atoms with Crippen molar-refractivity contribution in [2.75, 3.05) is 12.4 Å². The highest BCUT2D eigenvalue weighted by Crippen LogP contribution is 2.26. The molecule has 0 aliphatic heterocycles. The molecule has 0 fully saturated rings. The van der Waals surface area contributed by atoms with E-state index in [2.05, 4.69) is 10.1 Å². The molecule has 1 rings (SSSR count). The van der Waals surface area contributed by atoms with Crippen molar-refractivity contribution in [1.82, 2.24) is 0 Å². The van der Waals surface area contributed by atoms with Crippen LogP contribution in [0.15, 0.2) is 18.2 Å². The van der Waals surface area contributed by atoms with Gasteiger partial charge in [0, 0.05) is 6.07 Å². The van der Waals surface area contributed by atoms with E-state index in [0.717, 1.165) is 6.07 Å². The Labute approximate surface area is 139 Å². The number of methoxy groups -OCH3 is 1. The molecule has 0 heterocycles. The molecule has 1 aromatic carbocycles. The average Bonchev–Trinajstić information content (AvgIpc) is 2.43. The van der Waals surface area contributed by atoms with Gasteiger partial charge in [0.05, 0.1) is 30.2 Å². The van der Waals surface area contributed by atoms with Crippen molar-refractivity contribution in [3.8, 4) is 0 Å². The summed E-state index contributed by atoms with van der Waals surface area (Å²) >= 11 is 0. The van der Waals surface area contributed by atoms with Gasteiger partial charge in [-0.1, -0.05) is 0 Å². The number of rotatable bonds is 6. The van der Waals surface area contributed by atoms with E-state index in [1.807, 2.05) is 0 Å². The molecule has 0 aliphatic carbocycles. The number of hydrogen-bond donors (Lipinski definition) is 2. The summed E-state index contributed by atoms with van der Waals surface area (Å²) in [4.78, 5) is 33.8. The molecule has 0 aliphatic rings. The van der Waals surface area contributed by atoms with Crippen LogP contribution in [0.2, 0.25) is 0 Å². The fourth-order valence-corrected chi connectivity index (χ4v) is 1.87. The van der Waals surface area contributed by atoms with E-state index in [9.17, 15) is 19.7 Å². The minimum absolute atomic E-state index is 0.0129. The molecule has 0 spiro atoms. The summed E-state index contributed by atoms with van der Waals surface area (Å²) in [5, 5.41) is 13.7. The first kappa shape index (κ1) is 19.4. The van der Waals surface area contributed by atoms with E-state index in [1.54, 1.807) is 20.8 Å². The zero-order valence-electron chi connectivity index (χ0n) is 14.0. The van der Waals surface area contributed by atoms with E-state index in [1.165, 1.54) is 19.2 Å². The highest BCUT2D eigenvalue weighted by Gasteiger charge is 2.22. The Morgan fingerprint density at radius 3 is 2.50 bits per heavy atom. The van der Waals surface area contributed by atoms with Gasteiger partial charge in [-0.2, -0.15) is 0 Å². The normalized spacial score (nSPS) is 12.2. The van der Waals surface area contributed by atoms with Gasteiger partial charge in [0.15, 0.2) is 0 Å². The predicted molar refractivity (Wildman–Crippen MR) is 86.5 cm³/mol. The van der Waals surface area contributed by atoms with Gasteiger partial charge in [-0.25, -0.2) is 4.79 Å². The second-order valence-corrected chi connectivity index (χ2v) is 6.02. The first-order valence-electron chi connectivity index (χ1n) is 7.14. The zero-order chi connectivity index (χ0) is 18.5. The van der Waals surface area contributed by atoms with Gasteiger partial charge in [0.1, 0.15) is 11.3 Å². The molecule has 1 atom stereocenters. The highest BCUT2D eigenvalue weighted by atomic mass is 16.6. The Kier molecular flexibility index (Phi) is 6.24. The van der Waals surface area contributed by atoms with E-state index in [4.69, 9.17) is 10.5 Å². The van der Waals surface area contributed by atoms with Crippen LogP contribution in [0.3, 0.4) is 0 Å². The van der Waals surface area contributed by atoms with Gasteiger partial charge in [0.25, 0.3) is 5.69 Å². The molecule has 0 saturated heterocycles. The number of benzene rings is 1. The molecule has 132 valence electrons. The van der Waals surface area contributed by atoms with Crippen LogP contribution in [0.1, 0.15) is 37.6 Å². The molecule has 1 aromatic rings. The number of hydrogen-bond acceptors (Lipinski definition) is 8. The Balaban J connectivity index is 2.93. The number of carbonyl (C=O) groups is 2. The van der Waals surface area contributed by atoms with Crippen LogP contribution in [-0.2, 0) is 14.3 Å². The van der Waals surface area contributed by atoms with Gasteiger partial charge in [-0.3, -0.25) is 14.9 Å². The number of ether oxygens (including phenoxy) is 2. The van der Waals surface area contributed by atoms with E-state index in [0.29, 0.717) is 0 Å². The summed E-state index contributed by atoms with van der Waals surface area (Å²) in [6, 6.07) is 3.68. The van der Waals surface area contributed by atoms with Crippen molar-refractivity contribution in [3.05, 3.63) is 33.9 Å². The molecule has 0 aromatic heterocycles. The molecule has 1 unspecified atom stereocenters. The fraction of sp³-hybridized carbons (Fsp3) is 0.467. The van der Waals surface area contributed by atoms with Crippen LogP contribution in [0.4, 0.5) is 11.4 Å². The maximum Gasteiger partial charge on any atom is 0.337 e. The van der Waals surface area contributed by atoms with Crippen LogP contribution < -0.4 is 11.1 Å². The molecule has 0 amide bonds. The summed E-state index contributed by atoms with van der Waals surface area (Å²) in [5.41, 5.74) is 5.00. The SMILES string of the molecule is COC(=O)c1ccc([N+](=O)[O-])c(NC(N)CC(=O)OC(C)(C)C)c1. The summed E-state index contributed by atoms with van der Waals surface area (Å²) in [6.07, 6.45) is -1.12. The molecular formula is C15H21N3O6. The lowest BCUT2D eigenvalue weighted by atomic mass is 10.1. The minimum Gasteiger partial charge on any atom is -0.465 e. The monoisotopic (exact) mass is 339 g/mol. The standard InChI is InChI=1S/C15H21N3O6/c1-15(2,3)24-13(19)8-12(16)17-10-7-9(14(20)23-4)5-6-11(10)18(21)22/h5-7,12,17H,8,16H2,1-4H3. The van der Waals surface area contributed by atoms with E-state index in [-0.39, 0.29) is 23.4 Å². The first-order chi connectivity index (χ1) is 11.0. The van der Waals surface area contributed by atoms with Gasteiger partial charge < -0.3 is 20.5 Å². The summed E-state index contributed by atoms with van der Waals surface area (Å²) in [6.45, 7) is 5.15. The van der Waals surface area contributed by atoms with Gasteiger partial charge in [-0.15, -0.1) is 0 Å². The topological polar surface area (TPSA) is 134 Å². The Hall–Kier alpha value is -2.68. The maximum absolute atomic E-state index is 11.7. The minimum atomic E-state index is -0.925. The van der Waals surface area contributed by atoms with E-state index < -0.39 is 28.6 Å². The first-order valence-corrected chi connectivity index (χ1v) is 7.14. The van der Waals surface area contributed by atoms with Crippen LogP contribution in [-0.4, -0.2) is 35.7 Å². The molecule has 0 saturated carbocycles. The molecule has 24 heavy (non-hydrogen) atoms. The lowest BCUT2D eigenvalue weighted by molar-refractivity contribution is -0.384. The second-order valence-electron chi connectivity index (χ2n) is 6.02. The van der Waals surface area contributed by atoms with E-state index >= 15 is 0 Å². The van der Waals surface area contributed by atoms with Crippen molar-refractivity contribution in [3.63, 3.8) is 0 Å². The average molecular weight is 339 g/mol. The lowest BCUT2D eigenvalue weighted by Crippen LogP contribution is -2.35. The van der Waals surface area contributed by atoms with Crippen LogP contribution in [0.25, 0.3) is 0 Å². The summed E-state index contributed by atoms with van der Waals surface area (Å²) in [7, 11) is 1.20. The van der Waals surface area contributed by atoms with Crippen molar-refractivity contribution >= 4 is 23.3 Å². The number of nitrogens with two attached hydrogens (primary N) is 1. The zero-order valence-corrected chi connectivity index (χ0v) is 14.0. The molecular weight excluding hydrogens is 318 g/mol. The summed E-state index contributed by atoms with van der Waals surface area (Å²) in [5.74, 6) is -1.19. The third-order valence-corrected chi connectivity index (χ3v) is 2.76. The summed E-state index contributed by atoms with van der Waals surface area (Å²) < 4.78 is 9.71. The molecule has 0 radical (unpaired) electrons. The van der Waals surface area contributed by atoms with Gasteiger partial charge in [0.2, 0.25) is 0 Å². The molecule has 9 heteroatoms. The molecule has 0 bridgehead atoms. The quantitative estimate of drug-likeness (QED) is 0.347. The Morgan fingerprint density at radius 1 is 1.38 bits per heavy atom. The number of nitro groups is 1. The van der Waals surface area contributed by atoms with Gasteiger partial charge in [-0.05, 0) is 32.9 Å². The van der Waals surface area contributed by atoms with Crippen molar-refractivity contribution in [2.45, 2.75) is 39.0 Å². The smallest absolute Gasteiger partial charge is 0.337 e.